The second kappa shape index (κ2) is 18.7. The van der Waals surface area contributed by atoms with Gasteiger partial charge in [0.15, 0.2) is 0 Å². The average molecular weight is 1170 g/mol. The van der Waals surface area contributed by atoms with Gasteiger partial charge in [-0.15, -0.1) is 48.1 Å². The molecule has 2 aliphatic rings. The largest absolute Gasteiger partial charge is 0.509 e. The summed E-state index contributed by atoms with van der Waals surface area (Å²) in [5, 5.41) is 2.20. The van der Waals surface area contributed by atoms with E-state index in [2.05, 4.69) is 270 Å². The van der Waals surface area contributed by atoms with E-state index in [-0.39, 0.29) is 37.3 Å². The minimum Gasteiger partial charge on any atom is -0.509 e. The Labute approximate surface area is 461 Å². The summed E-state index contributed by atoms with van der Waals surface area (Å²) in [6.07, 6.45) is 1.93. The third-order valence-electron chi connectivity index (χ3n) is 15.5. The summed E-state index contributed by atoms with van der Waals surface area (Å²) in [7, 11) is 0. The first-order chi connectivity index (χ1) is 36.3. The van der Waals surface area contributed by atoms with Crippen LogP contribution in [-0.2, 0) is 37.3 Å². The van der Waals surface area contributed by atoms with Gasteiger partial charge in [0.05, 0.1) is 0 Å². The summed E-state index contributed by atoms with van der Waals surface area (Å²) in [6.45, 7) is 18.2. The van der Waals surface area contributed by atoms with Crippen molar-refractivity contribution in [2.24, 2.45) is 0 Å². The molecule has 0 saturated heterocycles. The van der Waals surface area contributed by atoms with Crippen molar-refractivity contribution in [3.8, 4) is 50.7 Å². The summed E-state index contributed by atoms with van der Waals surface area (Å²) in [6, 6.07) is 81.7. The van der Waals surface area contributed by atoms with Crippen molar-refractivity contribution in [3.63, 3.8) is 0 Å². The third kappa shape index (κ3) is 8.15. The zero-order chi connectivity index (χ0) is 51.2. The van der Waals surface area contributed by atoms with E-state index >= 15 is 0 Å². The van der Waals surface area contributed by atoms with E-state index in [1.165, 1.54) is 50.1 Å². The first kappa shape index (κ1) is 48.9. The number of pyridine rings is 1. The minimum atomic E-state index is -0.363. The van der Waals surface area contributed by atoms with E-state index in [1.807, 2.05) is 24.4 Å². The van der Waals surface area contributed by atoms with Crippen LogP contribution in [0.2, 0.25) is 0 Å². The Bertz CT molecular complexity index is 3910. The molecule has 0 bridgehead atoms. The molecule has 2 aromatic heterocycles. The Morgan fingerprint density at radius 1 is 0.500 bits per heavy atom. The molecule has 0 N–H and O–H groups in total. The first-order valence-electron chi connectivity index (χ1n) is 26.0. The molecule has 1 aliphatic carbocycles. The van der Waals surface area contributed by atoms with E-state index in [0.717, 1.165) is 61.5 Å². The molecule has 0 saturated carbocycles. The molecule has 0 spiro atoms. The van der Waals surface area contributed by atoms with Crippen LogP contribution in [0, 0.1) is 18.8 Å². The number of hydrogen-bond acceptors (Lipinski definition) is 4. The SMILES string of the molecule is CC(C)(C)c1ccnc(-n2c3[c-]c(Oc4[c-]c(N5[CH-]N(c6c(-c7ccccc7)cc(C(C)(C)C)cc6-c6ccccc6)c6ccccc65)ccc4)ccc3c3ccc(C4(C)c5ccccc5-c5ccccc54)cc32)c1.[Pt]. The van der Waals surface area contributed by atoms with Crippen LogP contribution in [0.3, 0.4) is 0 Å². The van der Waals surface area contributed by atoms with Crippen molar-refractivity contribution < 1.29 is 25.8 Å². The number of benzene rings is 9. The van der Waals surface area contributed by atoms with Gasteiger partial charge in [-0.2, -0.15) is 12.1 Å². The van der Waals surface area contributed by atoms with Crippen LogP contribution in [0.25, 0.3) is 61.0 Å². The number of nitrogens with zero attached hydrogens (tertiary/aromatic N) is 4. The van der Waals surface area contributed by atoms with Crippen LogP contribution in [0.15, 0.2) is 212 Å². The third-order valence-corrected chi connectivity index (χ3v) is 15.5. The van der Waals surface area contributed by atoms with Gasteiger partial charge in [0, 0.05) is 77.9 Å². The van der Waals surface area contributed by atoms with Gasteiger partial charge in [-0.25, -0.2) is 4.98 Å². The summed E-state index contributed by atoms with van der Waals surface area (Å²) in [5.74, 6) is 2.01. The maximum atomic E-state index is 6.85. The topological polar surface area (TPSA) is 33.5 Å². The molecule has 1 aliphatic heterocycles. The summed E-state index contributed by atoms with van der Waals surface area (Å²) in [5.41, 5.74) is 19.1. The Morgan fingerprint density at radius 2 is 1.07 bits per heavy atom. The molecule has 3 heterocycles. The molecule has 76 heavy (non-hydrogen) atoms. The van der Waals surface area contributed by atoms with Crippen molar-refractivity contribution >= 4 is 44.6 Å². The van der Waals surface area contributed by atoms with Gasteiger partial charge in [-0.05, 0) is 116 Å². The van der Waals surface area contributed by atoms with Crippen LogP contribution in [-0.4, -0.2) is 9.55 Å². The standard InChI is InChI=1S/C70H57N4O.Pt/c1-68(2,3)48-37-38-71-66(42-48)74-64-41-49(70(7)60-29-16-14-27-54(60)55-28-15-17-30-61(55)70)33-35-56(64)57-36-34-53(44-65(57)74)75-52-26-20-25-51(43-52)72-45-73(63-32-19-18-31-62(63)72)67-58(46-21-10-8-11-22-46)39-50(69(4,5)6)40-59(67)47-23-12-9-13-24-47;/h8-42,45H,1-7H3;/q-3;. The molecule has 11 aromatic rings. The first-order valence-corrected chi connectivity index (χ1v) is 26.0. The molecule has 13 rings (SSSR count). The zero-order valence-corrected chi connectivity index (χ0v) is 46.1. The minimum absolute atomic E-state index is 0. The van der Waals surface area contributed by atoms with Gasteiger partial charge >= 0.3 is 0 Å². The fraction of sp³-hybridized carbons (Fsp3) is 0.143. The van der Waals surface area contributed by atoms with Crippen LogP contribution in [0.1, 0.15) is 76.3 Å². The molecule has 376 valence electrons. The van der Waals surface area contributed by atoms with Crippen molar-refractivity contribution in [1.29, 1.82) is 0 Å². The number of ether oxygens (including phenoxy) is 1. The monoisotopic (exact) mass is 1160 g/mol. The Kier molecular flexibility index (Phi) is 12.0. The maximum Gasteiger partial charge on any atom is 0.135 e. The smallest absolute Gasteiger partial charge is 0.135 e. The van der Waals surface area contributed by atoms with Crippen molar-refractivity contribution in [2.75, 3.05) is 9.80 Å². The Morgan fingerprint density at radius 3 is 1.70 bits per heavy atom. The molecule has 0 amide bonds. The van der Waals surface area contributed by atoms with Crippen molar-refractivity contribution in [1.82, 2.24) is 9.55 Å². The average Bonchev–Trinajstić information content (AvgIpc) is 4.08. The molecular formula is C70H57N4OPt-3. The maximum absolute atomic E-state index is 6.85. The van der Waals surface area contributed by atoms with Crippen molar-refractivity contribution in [2.45, 2.75) is 64.7 Å². The molecule has 0 fully saturated rings. The van der Waals surface area contributed by atoms with E-state index in [1.54, 1.807) is 0 Å². The Balaban J connectivity index is 0.00000582. The molecular weight excluding hydrogens is 1110 g/mol. The van der Waals surface area contributed by atoms with Crippen LogP contribution in [0.5, 0.6) is 11.5 Å². The quantitative estimate of drug-likeness (QED) is 0.142. The fourth-order valence-corrected chi connectivity index (χ4v) is 11.5. The fourth-order valence-electron chi connectivity index (χ4n) is 11.5. The Hall–Kier alpha value is -7.98. The molecule has 0 radical (unpaired) electrons. The zero-order valence-electron chi connectivity index (χ0n) is 43.8. The van der Waals surface area contributed by atoms with Crippen LogP contribution < -0.4 is 14.5 Å². The molecule has 5 nitrogen and oxygen atoms in total. The summed E-state index contributed by atoms with van der Waals surface area (Å²) < 4.78 is 9.13. The number of fused-ring (bicyclic) bond motifs is 7. The molecule has 9 aromatic carbocycles. The molecule has 6 heteroatoms. The second-order valence-electron chi connectivity index (χ2n) is 22.3. The van der Waals surface area contributed by atoms with E-state index in [4.69, 9.17) is 9.72 Å². The van der Waals surface area contributed by atoms with Gasteiger partial charge in [0.2, 0.25) is 0 Å². The number of aromatic nitrogens is 2. The van der Waals surface area contributed by atoms with E-state index < -0.39 is 0 Å². The van der Waals surface area contributed by atoms with Crippen LogP contribution in [0.4, 0.5) is 22.7 Å². The number of rotatable bonds is 8. The number of hydrogen-bond donors (Lipinski definition) is 0. The second-order valence-corrected chi connectivity index (χ2v) is 22.3. The van der Waals surface area contributed by atoms with Crippen LogP contribution >= 0.6 is 0 Å². The van der Waals surface area contributed by atoms with Gasteiger partial charge in [-0.3, -0.25) is 0 Å². The summed E-state index contributed by atoms with van der Waals surface area (Å²) in [4.78, 5) is 9.65. The predicted molar refractivity (Wildman–Crippen MR) is 310 cm³/mol. The van der Waals surface area contributed by atoms with E-state index in [9.17, 15) is 0 Å². The molecule has 0 unspecified atom stereocenters. The molecule has 0 atom stereocenters. The van der Waals surface area contributed by atoms with Crippen molar-refractivity contribution in [3.05, 3.63) is 259 Å². The normalized spacial score (nSPS) is 13.6. The van der Waals surface area contributed by atoms with Gasteiger partial charge < -0.3 is 19.1 Å². The predicted octanol–water partition coefficient (Wildman–Crippen LogP) is 18.2. The van der Waals surface area contributed by atoms with Gasteiger partial charge in [0.1, 0.15) is 5.82 Å². The number of para-hydroxylation sites is 2. The van der Waals surface area contributed by atoms with Gasteiger partial charge in [-0.1, -0.05) is 181 Å². The van der Waals surface area contributed by atoms with E-state index in [0.29, 0.717) is 11.5 Å². The number of anilines is 4. The van der Waals surface area contributed by atoms with Gasteiger partial charge in [0.25, 0.3) is 0 Å². The summed E-state index contributed by atoms with van der Waals surface area (Å²) >= 11 is 0.